The highest BCUT2D eigenvalue weighted by atomic mass is 16.1. The molecule has 1 aromatic carbocycles. The van der Waals surface area contributed by atoms with Gasteiger partial charge in [-0.25, -0.2) is 0 Å². The first-order valence-electron chi connectivity index (χ1n) is 11.4. The monoisotopic (exact) mass is 372 g/mol. The first-order chi connectivity index (χ1) is 13.3. The molecule has 0 aliphatic heterocycles. The van der Waals surface area contributed by atoms with E-state index in [0.29, 0.717) is 17.5 Å². The number of carbonyl (C=O) groups excluding carboxylic acids is 2. The Labute approximate surface area is 167 Å². The molecular formula is C25H40O2. The van der Waals surface area contributed by atoms with E-state index >= 15 is 0 Å². The Balaban J connectivity index is 1.89. The fraction of sp³-hybridized carbons (Fsp3) is 0.680. The van der Waals surface area contributed by atoms with Crippen molar-refractivity contribution in [3.05, 3.63) is 35.4 Å². The van der Waals surface area contributed by atoms with Gasteiger partial charge in [0.2, 0.25) is 0 Å². The number of carbonyl (C=O) groups is 2. The topological polar surface area (TPSA) is 34.1 Å². The molecule has 0 N–H and O–H groups in total. The van der Waals surface area contributed by atoms with Gasteiger partial charge in [-0.3, -0.25) is 9.59 Å². The molecule has 27 heavy (non-hydrogen) atoms. The van der Waals surface area contributed by atoms with Gasteiger partial charge in [-0.2, -0.15) is 0 Å². The van der Waals surface area contributed by atoms with E-state index in [2.05, 4.69) is 6.92 Å². The second-order valence-corrected chi connectivity index (χ2v) is 7.83. The normalized spacial score (nSPS) is 10.9. The van der Waals surface area contributed by atoms with Crippen molar-refractivity contribution in [2.24, 2.45) is 0 Å². The highest BCUT2D eigenvalue weighted by Crippen LogP contribution is 2.15. The van der Waals surface area contributed by atoms with Crippen LogP contribution in [-0.2, 0) is 0 Å². The van der Waals surface area contributed by atoms with Crippen LogP contribution in [0.1, 0.15) is 130 Å². The summed E-state index contributed by atoms with van der Waals surface area (Å²) in [7, 11) is 0. The van der Waals surface area contributed by atoms with Crippen LogP contribution < -0.4 is 0 Å². The van der Waals surface area contributed by atoms with Gasteiger partial charge in [-0.1, -0.05) is 121 Å². The van der Waals surface area contributed by atoms with E-state index in [4.69, 9.17) is 0 Å². The van der Waals surface area contributed by atoms with Gasteiger partial charge >= 0.3 is 0 Å². The maximum atomic E-state index is 12.2. The summed E-state index contributed by atoms with van der Waals surface area (Å²) >= 11 is 0. The van der Waals surface area contributed by atoms with Gasteiger partial charge in [0.05, 0.1) is 0 Å². The lowest BCUT2D eigenvalue weighted by molar-refractivity contribution is 0.0973. The molecule has 0 unspecified atom stereocenters. The molecule has 0 amide bonds. The van der Waals surface area contributed by atoms with Crippen LogP contribution in [0, 0.1) is 0 Å². The molecule has 2 heteroatoms. The van der Waals surface area contributed by atoms with Crippen LogP contribution in [0.3, 0.4) is 0 Å². The van der Waals surface area contributed by atoms with E-state index in [1.165, 1.54) is 83.5 Å². The second kappa shape index (κ2) is 16.7. The lowest BCUT2D eigenvalue weighted by Gasteiger charge is -2.05. The third kappa shape index (κ3) is 11.8. The largest absolute Gasteiger partial charge is 0.298 e. The van der Waals surface area contributed by atoms with Gasteiger partial charge in [-0.15, -0.1) is 0 Å². The van der Waals surface area contributed by atoms with Crippen LogP contribution in [-0.4, -0.2) is 12.1 Å². The molecule has 1 rings (SSSR count). The number of Topliss-reactive ketones (excluding diaryl/α,β-unsaturated/α-hetero) is 1. The minimum absolute atomic E-state index is 0.104. The van der Waals surface area contributed by atoms with Crippen molar-refractivity contribution in [2.45, 2.75) is 110 Å². The van der Waals surface area contributed by atoms with Crippen LogP contribution in [0.25, 0.3) is 0 Å². The molecular weight excluding hydrogens is 332 g/mol. The van der Waals surface area contributed by atoms with Crippen molar-refractivity contribution in [3.63, 3.8) is 0 Å². The fourth-order valence-corrected chi connectivity index (χ4v) is 3.65. The lowest BCUT2D eigenvalue weighted by Crippen LogP contribution is -2.03. The summed E-state index contributed by atoms with van der Waals surface area (Å²) in [4.78, 5) is 23.2. The molecule has 0 bridgehead atoms. The van der Waals surface area contributed by atoms with Gasteiger partial charge in [0, 0.05) is 17.5 Å². The van der Waals surface area contributed by atoms with E-state index in [-0.39, 0.29) is 5.78 Å². The van der Waals surface area contributed by atoms with Crippen molar-refractivity contribution in [1.29, 1.82) is 0 Å². The lowest BCUT2D eigenvalue weighted by atomic mass is 9.99. The predicted octanol–water partition coefficient (Wildman–Crippen LogP) is 7.94. The molecule has 0 aliphatic carbocycles. The van der Waals surface area contributed by atoms with Gasteiger partial charge in [0.15, 0.2) is 12.1 Å². The zero-order chi connectivity index (χ0) is 19.6. The van der Waals surface area contributed by atoms with Crippen molar-refractivity contribution in [2.75, 3.05) is 0 Å². The molecule has 0 fully saturated rings. The average Bonchev–Trinajstić information content (AvgIpc) is 2.70. The zero-order valence-corrected chi connectivity index (χ0v) is 17.5. The average molecular weight is 373 g/mol. The Morgan fingerprint density at radius 2 is 1.15 bits per heavy atom. The molecule has 0 heterocycles. The summed E-state index contributed by atoms with van der Waals surface area (Å²) in [6.45, 7) is 2.27. The van der Waals surface area contributed by atoms with Gasteiger partial charge in [0.1, 0.15) is 0 Å². The van der Waals surface area contributed by atoms with Crippen LogP contribution in [0.15, 0.2) is 24.3 Å². The van der Waals surface area contributed by atoms with Crippen molar-refractivity contribution < 1.29 is 9.59 Å². The molecule has 0 saturated heterocycles. The first kappa shape index (κ1) is 23.6. The Morgan fingerprint density at radius 3 is 1.63 bits per heavy atom. The Bertz CT molecular complexity index is 507. The maximum absolute atomic E-state index is 12.2. The Morgan fingerprint density at radius 1 is 0.704 bits per heavy atom. The first-order valence-corrected chi connectivity index (χ1v) is 11.4. The van der Waals surface area contributed by atoms with Crippen molar-refractivity contribution in [1.82, 2.24) is 0 Å². The van der Waals surface area contributed by atoms with E-state index < -0.39 is 0 Å². The third-order valence-electron chi connectivity index (χ3n) is 5.40. The predicted molar refractivity (Wildman–Crippen MR) is 116 cm³/mol. The molecule has 1 aromatic rings. The summed E-state index contributed by atoms with van der Waals surface area (Å²) in [5, 5.41) is 0. The minimum atomic E-state index is 0.104. The second-order valence-electron chi connectivity index (χ2n) is 7.83. The SMILES string of the molecule is CCCCCCCCCCCCCCCCCC(=O)c1ccccc1C=O. The number of rotatable bonds is 18. The quantitative estimate of drug-likeness (QED) is 0.149. The molecule has 0 saturated carbocycles. The molecule has 152 valence electrons. The van der Waals surface area contributed by atoms with Gasteiger partial charge in [-0.05, 0) is 6.42 Å². The molecule has 0 aliphatic rings. The smallest absolute Gasteiger partial charge is 0.163 e. The van der Waals surface area contributed by atoms with Gasteiger partial charge in [0.25, 0.3) is 0 Å². The standard InChI is InChI=1S/C25H40O2/c1-2-3-4-5-6-7-8-9-10-11-12-13-14-15-16-21-25(27)24-20-18-17-19-23(24)22-26/h17-20,22H,2-16,21H2,1H3. The summed E-state index contributed by atoms with van der Waals surface area (Å²) in [5.74, 6) is 0.104. The molecule has 0 spiro atoms. The minimum Gasteiger partial charge on any atom is -0.298 e. The number of unbranched alkanes of at least 4 members (excludes halogenated alkanes) is 14. The van der Waals surface area contributed by atoms with E-state index in [1.807, 2.05) is 6.07 Å². The van der Waals surface area contributed by atoms with Crippen LogP contribution in [0.5, 0.6) is 0 Å². The summed E-state index contributed by atoms with van der Waals surface area (Å²) in [5.41, 5.74) is 1.10. The third-order valence-corrected chi connectivity index (χ3v) is 5.40. The number of hydrogen-bond acceptors (Lipinski definition) is 2. The Kier molecular flexibility index (Phi) is 14.6. The summed E-state index contributed by atoms with van der Waals surface area (Å²) in [6.07, 6.45) is 21.2. The number of hydrogen-bond donors (Lipinski definition) is 0. The van der Waals surface area contributed by atoms with Gasteiger partial charge < -0.3 is 0 Å². The Hall–Kier alpha value is -1.44. The summed E-state index contributed by atoms with van der Waals surface area (Å²) in [6, 6.07) is 7.10. The molecule has 0 aromatic heterocycles. The van der Waals surface area contributed by atoms with Crippen molar-refractivity contribution in [3.8, 4) is 0 Å². The number of aldehydes is 1. The highest BCUT2D eigenvalue weighted by molar-refractivity contribution is 6.02. The van der Waals surface area contributed by atoms with E-state index in [9.17, 15) is 9.59 Å². The molecule has 0 radical (unpaired) electrons. The summed E-state index contributed by atoms with van der Waals surface area (Å²) < 4.78 is 0. The fourth-order valence-electron chi connectivity index (χ4n) is 3.65. The van der Waals surface area contributed by atoms with Crippen LogP contribution in [0.4, 0.5) is 0 Å². The van der Waals surface area contributed by atoms with E-state index in [0.717, 1.165) is 19.1 Å². The van der Waals surface area contributed by atoms with Crippen molar-refractivity contribution >= 4 is 12.1 Å². The molecule has 0 atom stereocenters. The zero-order valence-electron chi connectivity index (χ0n) is 17.5. The van der Waals surface area contributed by atoms with Crippen LogP contribution >= 0.6 is 0 Å². The number of benzene rings is 1. The number of ketones is 1. The maximum Gasteiger partial charge on any atom is 0.163 e. The van der Waals surface area contributed by atoms with E-state index in [1.54, 1.807) is 18.2 Å². The molecule has 2 nitrogen and oxygen atoms in total. The highest BCUT2D eigenvalue weighted by Gasteiger charge is 2.09. The van der Waals surface area contributed by atoms with Crippen LogP contribution in [0.2, 0.25) is 0 Å².